The van der Waals surface area contributed by atoms with Crippen LogP contribution in [0.15, 0.2) is 188 Å². The van der Waals surface area contributed by atoms with E-state index in [4.69, 9.17) is 19.3 Å². The highest BCUT2D eigenvalue weighted by Crippen LogP contribution is 2.51. The Labute approximate surface area is 368 Å². The molecule has 0 aliphatic carbocycles. The number of rotatable bonds is 7. The van der Waals surface area contributed by atoms with Crippen molar-refractivity contribution in [1.82, 2.24) is 14.1 Å². The second-order valence-electron chi connectivity index (χ2n) is 16.3. The van der Waals surface area contributed by atoms with Gasteiger partial charge in [-0.15, -0.1) is 0 Å². The van der Waals surface area contributed by atoms with Crippen LogP contribution in [0.2, 0.25) is 0 Å². The van der Waals surface area contributed by atoms with Gasteiger partial charge in [0.1, 0.15) is 18.2 Å². The van der Waals surface area contributed by atoms with E-state index in [1.807, 2.05) is 97.1 Å². The minimum absolute atomic E-state index is 0.0309. The topological polar surface area (TPSA) is 38.5 Å². The first-order valence-electron chi connectivity index (χ1n) is 24.8. The molecule has 0 unspecified atom stereocenters. The Kier molecular flexibility index (Phi) is 6.57. The fraction of sp³-hybridized carbons (Fsp3) is 0.109. The van der Waals surface area contributed by atoms with Gasteiger partial charge in [-0.2, -0.15) is 0 Å². The van der Waals surface area contributed by atoms with Crippen molar-refractivity contribution in [3.8, 4) is 39.7 Å². The SMILES string of the molecule is [2H]c1c(-c2ccccc2)c(N2CN(c3cccc(Oc4ccc5c6c([2H])c([2H])c([2H])c([2H])c6n(-c6nc7ccccc7n6C([2H])([2H])[2H])c5c4)c3)c3ccccc32)c(-c2ccccc2)c([2H])c1C(C)(C)C. The molecule has 0 spiro atoms. The Hall–Kier alpha value is -7.57. The molecule has 0 amide bonds. The predicted molar refractivity (Wildman–Crippen MR) is 253 cm³/mol. The Bertz CT molecular complexity index is 3660. The molecule has 0 N–H and O–H groups in total. The Morgan fingerprint density at radius 1 is 0.607 bits per heavy atom. The van der Waals surface area contributed by atoms with Crippen LogP contribution >= 0.6 is 0 Å². The summed E-state index contributed by atoms with van der Waals surface area (Å²) in [6.45, 7) is 3.81. The number of aromatic nitrogens is 3. The van der Waals surface area contributed by atoms with Gasteiger partial charge in [0.2, 0.25) is 5.95 Å². The zero-order valence-corrected chi connectivity index (χ0v) is 33.8. The number of fused-ring (bicyclic) bond motifs is 5. The van der Waals surface area contributed by atoms with Gasteiger partial charge in [-0.05, 0) is 88.8 Å². The van der Waals surface area contributed by atoms with E-state index in [9.17, 15) is 2.74 Å². The number of ether oxygens (including phenoxy) is 1. The van der Waals surface area contributed by atoms with Crippen LogP contribution in [0, 0.1) is 0 Å². The number of imidazole rings is 1. The summed E-state index contributed by atoms with van der Waals surface area (Å²) < 4.78 is 90.1. The van der Waals surface area contributed by atoms with Crippen molar-refractivity contribution in [2.45, 2.75) is 26.2 Å². The van der Waals surface area contributed by atoms with Crippen LogP contribution in [0.5, 0.6) is 11.5 Å². The predicted octanol–water partition coefficient (Wildman–Crippen LogP) is 14.3. The molecule has 0 radical (unpaired) electrons. The van der Waals surface area contributed by atoms with Gasteiger partial charge in [0, 0.05) is 50.8 Å². The van der Waals surface area contributed by atoms with Gasteiger partial charge in [0.15, 0.2) is 0 Å². The lowest BCUT2D eigenvalue weighted by atomic mass is 9.82. The van der Waals surface area contributed by atoms with Gasteiger partial charge in [0.25, 0.3) is 0 Å². The Balaban J connectivity index is 1.05. The van der Waals surface area contributed by atoms with E-state index < -0.39 is 24.5 Å². The quantitative estimate of drug-likeness (QED) is 0.161. The van der Waals surface area contributed by atoms with Crippen molar-refractivity contribution in [3.63, 3.8) is 0 Å². The molecule has 0 saturated heterocycles. The van der Waals surface area contributed by atoms with Gasteiger partial charge in [-0.1, -0.05) is 130 Å². The summed E-state index contributed by atoms with van der Waals surface area (Å²) in [6.07, 6.45) is 0. The van der Waals surface area contributed by atoms with E-state index in [-0.39, 0.29) is 28.9 Å². The lowest BCUT2D eigenvalue weighted by Gasteiger charge is -2.30. The highest BCUT2D eigenvalue weighted by atomic mass is 16.5. The van der Waals surface area contributed by atoms with Crippen molar-refractivity contribution in [1.29, 1.82) is 0 Å². The summed E-state index contributed by atoms with van der Waals surface area (Å²) in [5.74, 6) is 0.825. The first-order chi connectivity index (χ1) is 33.5. The molecule has 1 aliphatic heterocycles. The molecule has 0 atom stereocenters. The van der Waals surface area contributed by atoms with Crippen molar-refractivity contribution >= 4 is 55.6 Å². The van der Waals surface area contributed by atoms with Crippen LogP contribution in [0.4, 0.5) is 22.7 Å². The van der Waals surface area contributed by atoms with Gasteiger partial charge >= 0.3 is 0 Å². The molecule has 11 rings (SSSR count). The third-order valence-electron chi connectivity index (χ3n) is 11.3. The van der Waals surface area contributed by atoms with E-state index in [1.54, 1.807) is 42.5 Å². The smallest absolute Gasteiger partial charge is 0.215 e. The summed E-state index contributed by atoms with van der Waals surface area (Å²) in [7, 11) is 0. The molecule has 1 aliphatic rings. The summed E-state index contributed by atoms with van der Waals surface area (Å²) in [6, 6.07) is 46.9. The minimum atomic E-state index is -2.70. The van der Waals surface area contributed by atoms with Gasteiger partial charge in [-0.25, -0.2) is 4.98 Å². The second-order valence-corrected chi connectivity index (χ2v) is 16.3. The van der Waals surface area contributed by atoms with Crippen LogP contribution in [0.25, 0.3) is 61.0 Å². The molecule has 6 heteroatoms. The van der Waals surface area contributed by atoms with Crippen LogP contribution in [-0.4, -0.2) is 20.8 Å². The van der Waals surface area contributed by atoms with E-state index >= 15 is 0 Å². The van der Waals surface area contributed by atoms with Crippen LogP contribution < -0.4 is 14.5 Å². The first-order valence-corrected chi connectivity index (χ1v) is 20.3. The summed E-state index contributed by atoms with van der Waals surface area (Å²) in [4.78, 5) is 9.16. The molecule has 296 valence electrons. The molecule has 10 aromatic rings. The standard InChI is InChI=1S/C55H45N5O/c1-55(2,3)39-32-45(37-18-7-5-8-19-37)53(46(33-39)38-20-9-6-10-21-38)59-36-58(50-28-15-16-29-51(50)59)40-22-17-23-41(34-40)61-42-30-31-44-43-24-11-13-26-48(43)60(52(44)35-42)54-56-47-25-12-14-27-49(47)57(54)4/h5-35H,36H2,1-4H3/i4D3,11D,13D,24D,26D,32D,33D. The van der Waals surface area contributed by atoms with E-state index in [0.717, 1.165) is 49.6 Å². The maximum absolute atomic E-state index is 9.88. The van der Waals surface area contributed by atoms with Crippen molar-refractivity contribution in [2.24, 2.45) is 6.98 Å². The zero-order valence-electron chi connectivity index (χ0n) is 42.8. The van der Waals surface area contributed by atoms with Crippen LogP contribution in [-0.2, 0) is 12.4 Å². The van der Waals surface area contributed by atoms with Gasteiger partial charge in [0.05, 0.1) is 47.4 Å². The molecule has 3 heterocycles. The number of aryl methyl sites for hydroxylation is 1. The molecule has 61 heavy (non-hydrogen) atoms. The molecule has 0 saturated carbocycles. The highest BCUT2D eigenvalue weighted by molar-refractivity contribution is 6.09. The lowest BCUT2D eigenvalue weighted by Crippen LogP contribution is -2.25. The highest BCUT2D eigenvalue weighted by Gasteiger charge is 2.32. The van der Waals surface area contributed by atoms with Crippen molar-refractivity contribution in [3.05, 3.63) is 193 Å². The van der Waals surface area contributed by atoms with E-state index in [0.29, 0.717) is 57.8 Å². The summed E-state index contributed by atoms with van der Waals surface area (Å²) >= 11 is 0. The molecule has 6 nitrogen and oxygen atoms in total. The number of para-hydroxylation sites is 5. The number of anilines is 4. The van der Waals surface area contributed by atoms with Crippen molar-refractivity contribution in [2.75, 3.05) is 16.5 Å². The Morgan fingerprint density at radius 2 is 1.26 bits per heavy atom. The monoisotopic (exact) mass is 800 g/mol. The minimum Gasteiger partial charge on any atom is -0.457 e. The van der Waals surface area contributed by atoms with Crippen molar-refractivity contribution < 1.29 is 17.1 Å². The molecule has 8 aromatic carbocycles. The maximum Gasteiger partial charge on any atom is 0.215 e. The second kappa shape index (κ2) is 14.3. The summed E-state index contributed by atoms with van der Waals surface area (Å²) in [5, 5.41) is 0.692. The molecule has 0 bridgehead atoms. The third-order valence-corrected chi connectivity index (χ3v) is 11.3. The zero-order chi connectivity index (χ0) is 49.0. The molecule has 2 aromatic heterocycles. The third kappa shape index (κ3) is 6.22. The average molecular weight is 801 g/mol. The van der Waals surface area contributed by atoms with Gasteiger partial charge in [-0.3, -0.25) is 4.57 Å². The van der Waals surface area contributed by atoms with Gasteiger partial charge < -0.3 is 19.1 Å². The fourth-order valence-electron chi connectivity index (χ4n) is 8.41. The largest absolute Gasteiger partial charge is 0.457 e. The lowest BCUT2D eigenvalue weighted by molar-refractivity contribution is 0.483. The number of hydrogen-bond donors (Lipinski definition) is 0. The average Bonchev–Trinajstić information content (AvgIpc) is 4.03. The molecule has 0 fully saturated rings. The normalized spacial score (nSPS) is 15.1. The Morgan fingerprint density at radius 3 is 1.98 bits per heavy atom. The summed E-state index contributed by atoms with van der Waals surface area (Å²) in [5.41, 5.74) is 8.01. The van der Waals surface area contributed by atoms with E-state index in [1.165, 1.54) is 4.57 Å². The maximum atomic E-state index is 9.88. The van der Waals surface area contributed by atoms with Crippen LogP contribution in [0.3, 0.4) is 0 Å². The number of benzene rings is 8. The van der Waals surface area contributed by atoms with E-state index in [2.05, 4.69) is 42.7 Å². The van der Waals surface area contributed by atoms with Crippen LogP contribution in [0.1, 0.15) is 38.7 Å². The fourth-order valence-corrected chi connectivity index (χ4v) is 8.41. The molecular formula is C55H45N5O. The number of nitrogens with zero attached hydrogens (tertiary/aromatic N) is 5. The first kappa shape index (κ1) is 28.0. The number of hydrogen-bond acceptors (Lipinski definition) is 4. The molecular weight excluding hydrogens is 747 g/mol.